The summed E-state index contributed by atoms with van der Waals surface area (Å²) in [6.45, 7) is 1.84. The van der Waals surface area contributed by atoms with Gasteiger partial charge in [-0.1, -0.05) is 24.3 Å². The van der Waals surface area contributed by atoms with Crippen molar-refractivity contribution >= 4 is 23.7 Å². The van der Waals surface area contributed by atoms with Crippen molar-refractivity contribution < 1.29 is 14.3 Å². The Hall–Kier alpha value is -3.66. The van der Waals surface area contributed by atoms with Gasteiger partial charge in [-0.2, -0.15) is 5.26 Å². The lowest BCUT2D eigenvalue weighted by atomic mass is 9.93. The van der Waals surface area contributed by atoms with Gasteiger partial charge in [0.05, 0.1) is 25.1 Å². The minimum atomic E-state index is -0.391. The number of ether oxygens (including phenoxy) is 1. The van der Waals surface area contributed by atoms with E-state index in [4.69, 9.17) is 10.00 Å². The Labute approximate surface area is 169 Å². The van der Waals surface area contributed by atoms with Crippen LogP contribution in [-0.2, 0) is 9.59 Å². The highest BCUT2D eigenvalue weighted by Crippen LogP contribution is 2.33. The van der Waals surface area contributed by atoms with Gasteiger partial charge in [-0.15, -0.1) is 0 Å². The summed E-state index contributed by atoms with van der Waals surface area (Å²) in [5, 5.41) is 11.4. The fourth-order valence-corrected chi connectivity index (χ4v) is 3.21. The van der Waals surface area contributed by atoms with Gasteiger partial charge in [-0.3, -0.25) is 9.59 Å². The molecule has 1 atom stereocenters. The van der Waals surface area contributed by atoms with Gasteiger partial charge in [0.25, 0.3) is 0 Å². The molecule has 1 aliphatic heterocycles. The van der Waals surface area contributed by atoms with Crippen LogP contribution in [0.1, 0.15) is 43.4 Å². The van der Waals surface area contributed by atoms with Crippen molar-refractivity contribution in [3.8, 4) is 11.8 Å². The molecule has 148 valence electrons. The van der Waals surface area contributed by atoms with Gasteiger partial charge in [0.2, 0.25) is 11.8 Å². The van der Waals surface area contributed by atoms with E-state index in [1.807, 2.05) is 30.3 Å². The topological polar surface area (TPSA) is 95.3 Å². The molecule has 0 radical (unpaired) electrons. The molecule has 0 fully saturated rings. The molecule has 2 amide bonds. The van der Waals surface area contributed by atoms with Gasteiger partial charge in [-0.25, -0.2) is 4.98 Å². The molecular formula is C22H22N4O3. The lowest BCUT2D eigenvalue weighted by Gasteiger charge is -2.32. The Balaban J connectivity index is 1.72. The van der Waals surface area contributed by atoms with Gasteiger partial charge in [0, 0.05) is 25.7 Å². The molecule has 1 unspecified atom stereocenters. The number of nitriles is 1. The fraction of sp³-hybridized carbons (Fsp3) is 0.273. The van der Waals surface area contributed by atoms with Crippen LogP contribution in [0.5, 0.6) is 5.75 Å². The van der Waals surface area contributed by atoms with Crippen LogP contribution in [0.2, 0.25) is 0 Å². The first-order chi connectivity index (χ1) is 14.1. The number of hydrogen-bond acceptors (Lipinski definition) is 5. The zero-order valence-electron chi connectivity index (χ0n) is 16.2. The van der Waals surface area contributed by atoms with E-state index in [1.54, 1.807) is 29.4 Å². The van der Waals surface area contributed by atoms with E-state index in [0.29, 0.717) is 31.0 Å². The second-order valence-corrected chi connectivity index (χ2v) is 6.60. The first-order valence-electron chi connectivity index (χ1n) is 9.41. The van der Waals surface area contributed by atoms with Crippen molar-refractivity contribution in [1.82, 2.24) is 9.88 Å². The molecule has 3 rings (SSSR count). The van der Waals surface area contributed by atoms with E-state index in [0.717, 1.165) is 11.1 Å². The second-order valence-electron chi connectivity index (χ2n) is 6.60. The zero-order valence-corrected chi connectivity index (χ0v) is 16.2. The number of carbonyl (C=O) groups excluding carboxylic acids is 2. The number of rotatable bonds is 7. The maximum Gasteiger partial charge on any atom is 0.228 e. The van der Waals surface area contributed by atoms with E-state index >= 15 is 0 Å². The molecule has 1 N–H and O–H groups in total. The van der Waals surface area contributed by atoms with Crippen LogP contribution in [0.3, 0.4) is 0 Å². The first-order valence-corrected chi connectivity index (χ1v) is 9.41. The Morgan fingerprint density at radius 3 is 2.90 bits per heavy atom. The number of nitrogens with zero attached hydrogens (tertiary/aromatic N) is 3. The van der Waals surface area contributed by atoms with E-state index in [2.05, 4.69) is 16.4 Å². The van der Waals surface area contributed by atoms with Crippen LogP contribution in [0, 0.1) is 11.3 Å². The number of aromatic nitrogens is 1. The summed E-state index contributed by atoms with van der Waals surface area (Å²) in [5.41, 5.74) is 1.91. The van der Waals surface area contributed by atoms with Gasteiger partial charge in [0.1, 0.15) is 0 Å². The average molecular weight is 390 g/mol. The number of anilines is 1. The highest BCUT2D eigenvalue weighted by atomic mass is 16.5. The maximum absolute atomic E-state index is 12.8. The van der Waals surface area contributed by atoms with Crippen LogP contribution in [0.15, 0.2) is 48.8 Å². The van der Waals surface area contributed by atoms with Crippen LogP contribution < -0.4 is 10.1 Å². The minimum absolute atomic E-state index is 0.0887. The highest BCUT2D eigenvalue weighted by Gasteiger charge is 2.28. The predicted molar refractivity (Wildman–Crippen MR) is 109 cm³/mol. The van der Waals surface area contributed by atoms with Crippen molar-refractivity contribution in [1.29, 1.82) is 5.26 Å². The summed E-state index contributed by atoms with van der Waals surface area (Å²) < 4.78 is 5.64. The first kappa shape index (κ1) is 20.1. The second kappa shape index (κ2) is 9.51. The largest absolute Gasteiger partial charge is 0.490 e. The number of unbranched alkanes of at least 4 members (excludes halogenated alkanes) is 1. The number of nitrogens with one attached hydrogen (secondary N) is 1. The summed E-state index contributed by atoms with van der Waals surface area (Å²) in [6, 6.07) is 12.8. The Morgan fingerprint density at radius 2 is 2.10 bits per heavy atom. The molecule has 2 heterocycles. The van der Waals surface area contributed by atoms with Crippen LogP contribution >= 0.6 is 0 Å². The molecule has 0 bridgehead atoms. The Morgan fingerprint density at radius 1 is 1.28 bits per heavy atom. The number of amides is 2. The number of hydrogen-bond donors (Lipinski definition) is 1. The van der Waals surface area contributed by atoms with Crippen LogP contribution in [0.25, 0.3) is 6.08 Å². The van der Waals surface area contributed by atoms with Crippen LogP contribution in [0.4, 0.5) is 5.82 Å². The third-order valence-corrected chi connectivity index (χ3v) is 4.57. The smallest absolute Gasteiger partial charge is 0.228 e. The van der Waals surface area contributed by atoms with E-state index < -0.39 is 6.04 Å². The zero-order chi connectivity index (χ0) is 20.6. The van der Waals surface area contributed by atoms with Gasteiger partial charge < -0.3 is 15.0 Å². The monoisotopic (exact) mass is 390 g/mol. The van der Waals surface area contributed by atoms with Crippen molar-refractivity contribution in [2.45, 2.75) is 32.2 Å². The predicted octanol–water partition coefficient (Wildman–Crippen LogP) is 3.67. The van der Waals surface area contributed by atoms with Crippen molar-refractivity contribution in [2.75, 3.05) is 11.9 Å². The minimum Gasteiger partial charge on any atom is -0.490 e. The van der Waals surface area contributed by atoms with Crippen LogP contribution in [-0.4, -0.2) is 28.3 Å². The molecule has 7 heteroatoms. The van der Waals surface area contributed by atoms with Crippen molar-refractivity contribution in [2.24, 2.45) is 0 Å². The van der Waals surface area contributed by atoms with E-state index in [9.17, 15) is 9.59 Å². The number of fused-ring (bicyclic) bond motifs is 1. The lowest BCUT2D eigenvalue weighted by molar-refractivity contribution is -0.129. The molecule has 1 aliphatic rings. The fourth-order valence-electron chi connectivity index (χ4n) is 3.21. The van der Waals surface area contributed by atoms with Crippen molar-refractivity contribution in [3.63, 3.8) is 0 Å². The SMILES string of the molecule is CC(=O)N1C=Cc2ccccc2C1CC(=O)Nc1ncccc1OCCCC#N. The Bertz CT molecular complexity index is 965. The molecule has 2 aromatic rings. The number of benzene rings is 1. The molecule has 29 heavy (non-hydrogen) atoms. The third kappa shape index (κ3) is 4.99. The molecule has 0 saturated carbocycles. The molecule has 1 aromatic heterocycles. The van der Waals surface area contributed by atoms with Gasteiger partial charge in [-0.05, 0) is 35.8 Å². The number of carbonyl (C=O) groups is 2. The number of pyridine rings is 1. The maximum atomic E-state index is 12.8. The summed E-state index contributed by atoms with van der Waals surface area (Å²) in [7, 11) is 0. The summed E-state index contributed by atoms with van der Waals surface area (Å²) in [6.07, 6.45) is 6.24. The summed E-state index contributed by atoms with van der Waals surface area (Å²) >= 11 is 0. The van der Waals surface area contributed by atoms with Gasteiger partial charge in [0.15, 0.2) is 11.6 Å². The molecule has 1 aromatic carbocycles. The van der Waals surface area contributed by atoms with Gasteiger partial charge >= 0.3 is 0 Å². The van der Waals surface area contributed by atoms with E-state index in [-0.39, 0.29) is 18.2 Å². The molecule has 0 spiro atoms. The standard InChI is InChI=1S/C22H22N4O3/c1-16(27)26-13-10-17-7-2-3-8-18(17)19(26)15-21(28)25-22-20(9-6-12-24-22)29-14-5-4-11-23/h2-3,6-10,12-13,19H,4-5,14-15H2,1H3,(H,24,25,28). The third-order valence-electron chi connectivity index (χ3n) is 4.57. The summed E-state index contributed by atoms with van der Waals surface area (Å²) in [5.74, 6) is 0.370. The molecule has 0 aliphatic carbocycles. The molecular weight excluding hydrogens is 368 g/mol. The van der Waals surface area contributed by atoms with Crippen molar-refractivity contribution in [3.05, 3.63) is 59.9 Å². The lowest BCUT2D eigenvalue weighted by Crippen LogP contribution is -2.33. The molecule has 0 saturated heterocycles. The summed E-state index contributed by atoms with van der Waals surface area (Å²) in [4.78, 5) is 30.6. The molecule has 7 nitrogen and oxygen atoms in total. The normalized spacial score (nSPS) is 14.6. The average Bonchev–Trinajstić information content (AvgIpc) is 2.72. The van der Waals surface area contributed by atoms with E-state index in [1.165, 1.54) is 6.92 Å². The Kier molecular flexibility index (Phi) is 6.59. The highest BCUT2D eigenvalue weighted by molar-refractivity contribution is 5.92. The quantitative estimate of drug-likeness (QED) is 0.728.